The molecule has 2 aliphatic rings. The van der Waals surface area contributed by atoms with Gasteiger partial charge in [0.25, 0.3) is 5.91 Å². The molecule has 0 aromatic carbocycles. The summed E-state index contributed by atoms with van der Waals surface area (Å²) in [5.74, 6) is -0.966. The fourth-order valence-corrected chi connectivity index (χ4v) is 3.83. The zero-order valence-corrected chi connectivity index (χ0v) is 14.4. The van der Waals surface area contributed by atoms with Crippen LogP contribution >= 0.6 is 0 Å². The summed E-state index contributed by atoms with van der Waals surface area (Å²) in [5, 5.41) is 0. The summed E-state index contributed by atoms with van der Waals surface area (Å²) in [6.45, 7) is 4.15. The zero-order chi connectivity index (χ0) is 18.0. The van der Waals surface area contributed by atoms with E-state index in [0.717, 1.165) is 11.4 Å². The average Bonchev–Trinajstić information content (AvgIpc) is 2.79. The van der Waals surface area contributed by atoms with Gasteiger partial charge in [-0.3, -0.25) is 24.4 Å². The first-order valence-electron chi connectivity index (χ1n) is 8.51. The van der Waals surface area contributed by atoms with E-state index in [0.29, 0.717) is 32.5 Å². The van der Waals surface area contributed by atoms with Crippen LogP contribution in [0.3, 0.4) is 0 Å². The summed E-state index contributed by atoms with van der Waals surface area (Å²) < 4.78 is 0. The predicted octanol–water partition coefficient (Wildman–Crippen LogP) is 0.186. The number of hydrogen-bond donors (Lipinski definition) is 1. The highest BCUT2D eigenvalue weighted by molar-refractivity contribution is 6.09. The van der Waals surface area contributed by atoms with E-state index in [1.807, 2.05) is 19.1 Å². The van der Waals surface area contributed by atoms with Gasteiger partial charge in [-0.15, -0.1) is 0 Å². The minimum absolute atomic E-state index is 0.290. The zero-order valence-electron chi connectivity index (χ0n) is 14.4. The van der Waals surface area contributed by atoms with Gasteiger partial charge < -0.3 is 10.6 Å². The van der Waals surface area contributed by atoms with Crippen LogP contribution in [0.4, 0.5) is 4.79 Å². The second-order valence-electron chi connectivity index (χ2n) is 6.55. The third-order valence-corrected chi connectivity index (χ3v) is 5.09. The molecule has 0 bridgehead atoms. The van der Waals surface area contributed by atoms with Gasteiger partial charge in [-0.05, 0) is 37.5 Å². The van der Waals surface area contributed by atoms with Gasteiger partial charge in [-0.25, -0.2) is 4.79 Å². The summed E-state index contributed by atoms with van der Waals surface area (Å²) in [4.78, 5) is 45.5. The van der Waals surface area contributed by atoms with Crippen LogP contribution in [0.15, 0.2) is 24.5 Å². The van der Waals surface area contributed by atoms with Gasteiger partial charge in [-0.2, -0.15) is 0 Å². The first kappa shape index (κ1) is 17.3. The van der Waals surface area contributed by atoms with E-state index in [1.54, 1.807) is 17.3 Å². The lowest BCUT2D eigenvalue weighted by Crippen LogP contribution is -2.56. The highest BCUT2D eigenvalue weighted by Crippen LogP contribution is 2.37. The Balaban J connectivity index is 1.72. The van der Waals surface area contributed by atoms with Crippen molar-refractivity contribution in [2.75, 3.05) is 26.2 Å². The smallest absolute Gasteiger partial charge is 0.328 e. The molecule has 8 heteroatoms. The van der Waals surface area contributed by atoms with Crippen LogP contribution in [-0.2, 0) is 16.1 Å². The number of aromatic nitrogens is 1. The van der Waals surface area contributed by atoms with Gasteiger partial charge in [0.15, 0.2) is 0 Å². The lowest BCUT2D eigenvalue weighted by Gasteiger charge is -2.41. The maximum Gasteiger partial charge on any atom is 0.328 e. The summed E-state index contributed by atoms with van der Waals surface area (Å²) in [5.41, 5.74) is 5.52. The van der Waals surface area contributed by atoms with E-state index >= 15 is 0 Å². The number of urea groups is 1. The van der Waals surface area contributed by atoms with Crippen molar-refractivity contribution in [2.24, 2.45) is 5.73 Å². The SMILES string of the molecule is CCN1C(=O)N(CC(N)=O)C(=O)C12CCN(Cc1ccncc1)CC2. The molecule has 0 aliphatic carbocycles. The molecule has 3 rings (SSSR count). The van der Waals surface area contributed by atoms with Crippen molar-refractivity contribution in [3.8, 4) is 0 Å². The molecule has 2 aliphatic heterocycles. The van der Waals surface area contributed by atoms with Crippen LogP contribution in [0.5, 0.6) is 0 Å². The number of amides is 4. The fourth-order valence-electron chi connectivity index (χ4n) is 3.83. The maximum atomic E-state index is 12.9. The highest BCUT2D eigenvalue weighted by Gasteiger charge is 2.57. The molecule has 1 spiro atoms. The number of carbonyl (C=O) groups excluding carboxylic acids is 3. The molecule has 3 heterocycles. The standard InChI is InChI=1S/C17H23N5O3/c1-2-22-16(25)21(12-14(18)23)15(24)17(22)5-9-20(10-6-17)11-13-3-7-19-8-4-13/h3-4,7-8H,2,5-6,9-12H2,1H3,(H2,18,23). The van der Waals surface area contributed by atoms with E-state index in [1.165, 1.54) is 5.56 Å². The molecule has 2 N–H and O–H groups in total. The number of rotatable bonds is 5. The Hall–Kier alpha value is -2.48. The molecule has 1 aromatic rings. The van der Waals surface area contributed by atoms with Crippen LogP contribution in [0.25, 0.3) is 0 Å². The van der Waals surface area contributed by atoms with Gasteiger partial charge in [0.05, 0.1) is 0 Å². The van der Waals surface area contributed by atoms with Crippen LogP contribution in [0.2, 0.25) is 0 Å². The molecular weight excluding hydrogens is 322 g/mol. The Bertz CT molecular complexity index is 670. The Labute approximate surface area is 146 Å². The molecule has 8 nitrogen and oxygen atoms in total. The Morgan fingerprint density at radius 1 is 1.24 bits per heavy atom. The van der Waals surface area contributed by atoms with Gasteiger partial charge in [0.2, 0.25) is 5.91 Å². The Morgan fingerprint density at radius 2 is 1.88 bits per heavy atom. The van der Waals surface area contributed by atoms with Crippen molar-refractivity contribution in [2.45, 2.75) is 31.8 Å². The summed E-state index contributed by atoms with van der Waals surface area (Å²) >= 11 is 0. The molecule has 0 atom stereocenters. The first-order valence-corrected chi connectivity index (χ1v) is 8.51. The third kappa shape index (κ3) is 3.09. The minimum atomic E-state index is -0.837. The lowest BCUT2D eigenvalue weighted by molar-refractivity contribution is -0.137. The monoisotopic (exact) mass is 345 g/mol. The second kappa shape index (κ2) is 6.79. The molecule has 0 radical (unpaired) electrons. The number of pyridine rings is 1. The van der Waals surface area contributed by atoms with Crippen LogP contribution in [-0.4, -0.2) is 69.2 Å². The van der Waals surface area contributed by atoms with Crippen molar-refractivity contribution in [1.82, 2.24) is 19.7 Å². The van der Waals surface area contributed by atoms with Crippen molar-refractivity contribution in [3.63, 3.8) is 0 Å². The number of likely N-dealkylation sites (N-methyl/N-ethyl adjacent to an activating group) is 1. The second-order valence-corrected chi connectivity index (χ2v) is 6.55. The minimum Gasteiger partial charge on any atom is -0.368 e. The van der Waals surface area contributed by atoms with E-state index in [2.05, 4.69) is 9.88 Å². The number of hydrogen-bond acceptors (Lipinski definition) is 5. The molecule has 25 heavy (non-hydrogen) atoms. The number of imide groups is 1. The van der Waals surface area contributed by atoms with Crippen LogP contribution in [0.1, 0.15) is 25.3 Å². The molecule has 4 amide bonds. The fraction of sp³-hybridized carbons (Fsp3) is 0.529. The van der Waals surface area contributed by atoms with Crippen LogP contribution < -0.4 is 5.73 Å². The molecule has 2 saturated heterocycles. The third-order valence-electron chi connectivity index (χ3n) is 5.09. The van der Waals surface area contributed by atoms with Gasteiger partial charge in [-0.1, -0.05) is 0 Å². The molecule has 1 aromatic heterocycles. The highest BCUT2D eigenvalue weighted by atomic mass is 16.2. The predicted molar refractivity (Wildman–Crippen MR) is 90.2 cm³/mol. The molecule has 2 fully saturated rings. The Kier molecular flexibility index (Phi) is 4.71. The quantitative estimate of drug-likeness (QED) is 0.768. The topological polar surface area (TPSA) is 99.8 Å². The van der Waals surface area contributed by atoms with E-state index in [9.17, 15) is 14.4 Å². The number of nitrogens with zero attached hydrogens (tertiary/aromatic N) is 4. The first-order chi connectivity index (χ1) is 12.0. The number of likely N-dealkylation sites (tertiary alicyclic amines) is 1. The number of primary amides is 1. The Morgan fingerprint density at radius 3 is 2.44 bits per heavy atom. The summed E-state index contributed by atoms with van der Waals surface area (Å²) in [7, 11) is 0. The van der Waals surface area contributed by atoms with E-state index in [4.69, 9.17) is 5.73 Å². The summed E-state index contributed by atoms with van der Waals surface area (Å²) in [6.07, 6.45) is 4.65. The molecule has 0 unspecified atom stereocenters. The van der Waals surface area contributed by atoms with E-state index in [-0.39, 0.29) is 12.5 Å². The van der Waals surface area contributed by atoms with Crippen molar-refractivity contribution >= 4 is 17.8 Å². The van der Waals surface area contributed by atoms with Crippen molar-refractivity contribution in [1.29, 1.82) is 0 Å². The van der Waals surface area contributed by atoms with Gasteiger partial charge in [0.1, 0.15) is 12.1 Å². The van der Waals surface area contributed by atoms with Gasteiger partial charge in [0, 0.05) is 38.6 Å². The molecular formula is C17H23N5O3. The largest absolute Gasteiger partial charge is 0.368 e. The number of carbonyl (C=O) groups is 3. The van der Waals surface area contributed by atoms with Gasteiger partial charge >= 0.3 is 6.03 Å². The van der Waals surface area contributed by atoms with E-state index < -0.39 is 17.5 Å². The maximum absolute atomic E-state index is 12.9. The van der Waals surface area contributed by atoms with Crippen LogP contribution in [0, 0.1) is 0 Å². The lowest BCUT2D eigenvalue weighted by atomic mass is 9.85. The normalized spacial score (nSPS) is 20.5. The van der Waals surface area contributed by atoms with Crippen molar-refractivity contribution in [3.05, 3.63) is 30.1 Å². The van der Waals surface area contributed by atoms with Crippen molar-refractivity contribution < 1.29 is 14.4 Å². The number of piperidine rings is 1. The number of nitrogens with two attached hydrogens (primary N) is 1. The average molecular weight is 345 g/mol. The molecule has 0 saturated carbocycles. The molecule has 134 valence electrons. The summed E-state index contributed by atoms with van der Waals surface area (Å²) in [6, 6.07) is 3.54.